The Kier molecular flexibility index (Phi) is 13.0. The molecule has 0 radical (unpaired) electrons. The number of nitrogens with one attached hydrogen (secondary N) is 2. The van der Waals surface area contributed by atoms with E-state index in [4.69, 9.17) is 4.74 Å². The summed E-state index contributed by atoms with van der Waals surface area (Å²) in [6, 6.07) is 0.874. The zero-order valence-electron chi connectivity index (χ0n) is 16.4. The molecule has 0 aromatic rings. The molecule has 1 aliphatic rings. The van der Waals surface area contributed by atoms with Crippen LogP contribution in [0.25, 0.3) is 0 Å². The highest BCUT2D eigenvalue weighted by Gasteiger charge is 2.23. The van der Waals surface area contributed by atoms with E-state index in [9.17, 15) is 4.79 Å². The Morgan fingerprint density at radius 2 is 1.96 bits per heavy atom. The fourth-order valence-corrected chi connectivity index (χ4v) is 2.51. The van der Waals surface area contributed by atoms with Crippen LogP contribution in [0.3, 0.4) is 0 Å². The van der Waals surface area contributed by atoms with Crippen molar-refractivity contribution in [3.63, 3.8) is 0 Å². The summed E-state index contributed by atoms with van der Waals surface area (Å²) in [5, 5.41) is 6.80. The number of hydrogen-bond acceptors (Lipinski definition) is 4. The van der Waals surface area contributed by atoms with Crippen molar-refractivity contribution in [2.24, 2.45) is 4.99 Å². The highest BCUT2D eigenvalue weighted by atomic mass is 127. The van der Waals surface area contributed by atoms with Crippen LogP contribution in [-0.2, 0) is 4.74 Å². The molecule has 0 aromatic carbocycles. The minimum absolute atomic E-state index is 0. The van der Waals surface area contributed by atoms with Gasteiger partial charge in [-0.05, 0) is 47.6 Å². The maximum atomic E-state index is 11.7. The van der Waals surface area contributed by atoms with Crippen molar-refractivity contribution in [2.75, 3.05) is 46.4 Å². The molecule has 2 N–H and O–H groups in total. The molecule has 148 valence electrons. The second-order valence-electron chi connectivity index (χ2n) is 6.44. The van der Waals surface area contributed by atoms with Gasteiger partial charge in [0, 0.05) is 38.3 Å². The summed E-state index contributed by atoms with van der Waals surface area (Å²) < 4.78 is 5.06. The van der Waals surface area contributed by atoms with E-state index in [0.717, 1.165) is 51.5 Å². The number of rotatable bonds is 7. The van der Waals surface area contributed by atoms with E-state index in [1.54, 1.807) is 4.90 Å². The predicted molar refractivity (Wildman–Crippen MR) is 114 cm³/mol. The van der Waals surface area contributed by atoms with Crippen molar-refractivity contribution >= 4 is 36.0 Å². The highest BCUT2D eigenvalue weighted by molar-refractivity contribution is 14.0. The van der Waals surface area contributed by atoms with Gasteiger partial charge < -0.3 is 25.2 Å². The van der Waals surface area contributed by atoms with Gasteiger partial charge in [0.15, 0.2) is 5.96 Å². The van der Waals surface area contributed by atoms with Gasteiger partial charge in [-0.2, -0.15) is 0 Å². The first-order valence-electron chi connectivity index (χ1n) is 9.14. The van der Waals surface area contributed by atoms with Crippen LogP contribution in [0.4, 0.5) is 4.79 Å². The van der Waals surface area contributed by atoms with Crippen LogP contribution < -0.4 is 10.6 Å². The van der Waals surface area contributed by atoms with Crippen LogP contribution >= 0.6 is 24.0 Å². The zero-order chi connectivity index (χ0) is 17.9. The van der Waals surface area contributed by atoms with E-state index in [-0.39, 0.29) is 30.1 Å². The Labute approximate surface area is 170 Å². The molecule has 7 nitrogen and oxygen atoms in total. The van der Waals surface area contributed by atoms with Gasteiger partial charge in [0.1, 0.15) is 0 Å². The summed E-state index contributed by atoms with van der Waals surface area (Å²) >= 11 is 0. The second-order valence-corrected chi connectivity index (χ2v) is 6.44. The Balaban J connectivity index is 0.00000576. The summed E-state index contributed by atoms with van der Waals surface area (Å²) in [6.07, 6.45) is 1.62. The average molecular weight is 469 g/mol. The molecule has 1 amide bonds. The molecular formula is C17H36IN5O2. The van der Waals surface area contributed by atoms with Gasteiger partial charge in [-0.15, -0.1) is 24.0 Å². The van der Waals surface area contributed by atoms with Crippen molar-refractivity contribution < 1.29 is 9.53 Å². The third-order valence-electron chi connectivity index (χ3n) is 4.31. The standard InChI is InChI=1S/C17H35N5O2.HI/c1-6-18-16(19-10-13-21(5)14(3)4)20-15-8-11-22(12-9-15)17(23)24-7-2;/h14-15H,6-13H2,1-5H3,(H2,18,19,20);1H. The first-order chi connectivity index (χ1) is 11.5. The Hall–Kier alpha value is -0.770. The largest absolute Gasteiger partial charge is 0.450 e. The van der Waals surface area contributed by atoms with E-state index < -0.39 is 0 Å². The number of likely N-dealkylation sites (N-methyl/N-ethyl adjacent to an activating group) is 1. The van der Waals surface area contributed by atoms with Gasteiger partial charge in [-0.25, -0.2) is 4.79 Å². The second kappa shape index (κ2) is 13.4. The Morgan fingerprint density at radius 3 is 2.48 bits per heavy atom. The lowest BCUT2D eigenvalue weighted by Crippen LogP contribution is -2.50. The van der Waals surface area contributed by atoms with Crippen LogP contribution in [0.5, 0.6) is 0 Å². The molecule has 0 unspecified atom stereocenters. The van der Waals surface area contributed by atoms with Crippen molar-refractivity contribution in [1.29, 1.82) is 0 Å². The Bertz CT molecular complexity index is 398. The monoisotopic (exact) mass is 469 g/mol. The van der Waals surface area contributed by atoms with Gasteiger partial charge in [-0.1, -0.05) is 0 Å². The van der Waals surface area contributed by atoms with Crippen LogP contribution in [0.2, 0.25) is 0 Å². The summed E-state index contributed by atoms with van der Waals surface area (Å²) in [4.78, 5) is 20.5. The number of hydrogen-bond donors (Lipinski definition) is 2. The molecule has 1 fully saturated rings. The number of aliphatic imine (C=N–C) groups is 1. The molecule has 1 heterocycles. The number of nitrogens with zero attached hydrogens (tertiary/aromatic N) is 3. The minimum Gasteiger partial charge on any atom is -0.450 e. The minimum atomic E-state index is -0.201. The topological polar surface area (TPSA) is 69.2 Å². The number of likely N-dealkylation sites (tertiary alicyclic amines) is 1. The van der Waals surface area contributed by atoms with Crippen molar-refractivity contribution in [3.8, 4) is 0 Å². The molecule has 0 aliphatic carbocycles. The average Bonchev–Trinajstić information content (AvgIpc) is 2.55. The first-order valence-corrected chi connectivity index (χ1v) is 9.14. The molecule has 8 heteroatoms. The van der Waals surface area contributed by atoms with Gasteiger partial charge in [0.05, 0.1) is 13.2 Å². The molecular weight excluding hydrogens is 433 g/mol. The molecule has 0 saturated carbocycles. The molecule has 0 spiro atoms. The predicted octanol–water partition coefficient (Wildman–Crippen LogP) is 2.12. The SMILES string of the molecule is CCNC(=NCCN(C)C(C)C)NC1CCN(C(=O)OCC)CC1.I. The molecule has 0 bridgehead atoms. The summed E-state index contributed by atoms with van der Waals surface area (Å²) in [6.45, 7) is 12.7. The summed E-state index contributed by atoms with van der Waals surface area (Å²) in [5.41, 5.74) is 0. The van der Waals surface area contributed by atoms with E-state index in [1.807, 2.05) is 6.92 Å². The number of piperidine rings is 1. The summed E-state index contributed by atoms with van der Waals surface area (Å²) in [7, 11) is 2.12. The van der Waals surface area contributed by atoms with E-state index in [1.165, 1.54) is 0 Å². The fraction of sp³-hybridized carbons (Fsp3) is 0.882. The normalized spacial score (nSPS) is 16.0. The molecule has 1 aliphatic heterocycles. The third-order valence-corrected chi connectivity index (χ3v) is 4.31. The number of halogens is 1. The number of amides is 1. The number of ether oxygens (including phenoxy) is 1. The smallest absolute Gasteiger partial charge is 0.409 e. The van der Waals surface area contributed by atoms with Gasteiger partial charge >= 0.3 is 6.09 Å². The van der Waals surface area contributed by atoms with Crippen molar-refractivity contribution in [3.05, 3.63) is 0 Å². The van der Waals surface area contributed by atoms with E-state index in [0.29, 0.717) is 18.7 Å². The van der Waals surface area contributed by atoms with E-state index in [2.05, 4.69) is 48.3 Å². The lowest BCUT2D eigenvalue weighted by Gasteiger charge is -2.32. The molecule has 25 heavy (non-hydrogen) atoms. The van der Waals surface area contributed by atoms with Crippen LogP contribution in [0.1, 0.15) is 40.5 Å². The molecule has 1 saturated heterocycles. The van der Waals surface area contributed by atoms with Crippen molar-refractivity contribution in [1.82, 2.24) is 20.4 Å². The number of carbonyl (C=O) groups excluding carboxylic acids is 1. The van der Waals surface area contributed by atoms with Crippen LogP contribution in [0, 0.1) is 0 Å². The van der Waals surface area contributed by atoms with Gasteiger partial charge in [0.2, 0.25) is 0 Å². The zero-order valence-corrected chi connectivity index (χ0v) is 18.7. The molecule has 1 rings (SSSR count). The maximum Gasteiger partial charge on any atom is 0.409 e. The molecule has 0 atom stereocenters. The van der Waals surface area contributed by atoms with Gasteiger partial charge in [0.25, 0.3) is 0 Å². The third kappa shape index (κ3) is 9.48. The number of guanidine groups is 1. The quantitative estimate of drug-likeness (QED) is 0.340. The van der Waals surface area contributed by atoms with Crippen LogP contribution in [0.15, 0.2) is 4.99 Å². The lowest BCUT2D eigenvalue weighted by molar-refractivity contribution is 0.0963. The summed E-state index contributed by atoms with van der Waals surface area (Å²) in [5.74, 6) is 0.865. The first kappa shape index (κ1) is 24.2. The van der Waals surface area contributed by atoms with Crippen molar-refractivity contribution in [2.45, 2.75) is 52.6 Å². The van der Waals surface area contributed by atoms with Gasteiger partial charge in [-0.3, -0.25) is 4.99 Å². The van der Waals surface area contributed by atoms with E-state index >= 15 is 0 Å². The highest BCUT2D eigenvalue weighted by Crippen LogP contribution is 2.11. The number of carbonyl (C=O) groups is 1. The maximum absolute atomic E-state index is 11.7. The lowest BCUT2D eigenvalue weighted by atomic mass is 10.1. The molecule has 0 aromatic heterocycles. The fourth-order valence-electron chi connectivity index (χ4n) is 2.51. The Morgan fingerprint density at radius 1 is 1.32 bits per heavy atom. The van der Waals surface area contributed by atoms with Crippen LogP contribution in [-0.4, -0.2) is 80.3 Å².